The van der Waals surface area contributed by atoms with Crippen molar-refractivity contribution in [3.63, 3.8) is 0 Å². The van der Waals surface area contributed by atoms with Gasteiger partial charge in [-0.05, 0) is 35.9 Å². The quantitative estimate of drug-likeness (QED) is 0.371. The number of amides is 1. The fourth-order valence-corrected chi connectivity index (χ4v) is 5.73. The summed E-state index contributed by atoms with van der Waals surface area (Å²) in [4.78, 5) is 22.5. The first-order valence-electron chi connectivity index (χ1n) is 11.0. The van der Waals surface area contributed by atoms with E-state index in [-0.39, 0.29) is 17.8 Å². The van der Waals surface area contributed by atoms with Crippen molar-refractivity contribution < 1.29 is 18.7 Å². The van der Waals surface area contributed by atoms with Gasteiger partial charge in [0.25, 0.3) is 5.91 Å². The monoisotopic (exact) mass is 509 g/mol. The van der Waals surface area contributed by atoms with Crippen molar-refractivity contribution in [2.75, 3.05) is 26.2 Å². The zero-order valence-electron chi connectivity index (χ0n) is 18.4. The van der Waals surface area contributed by atoms with Gasteiger partial charge in [-0.2, -0.15) is 9.50 Å². The Morgan fingerprint density at radius 3 is 2.49 bits per heavy atom. The van der Waals surface area contributed by atoms with Crippen molar-refractivity contribution in [3.8, 4) is 17.5 Å². The number of aromatic hydroxyl groups is 1. The summed E-state index contributed by atoms with van der Waals surface area (Å²) in [5.74, 6) is 1.14. The number of thiazole rings is 1. The van der Waals surface area contributed by atoms with E-state index >= 15 is 0 Å². The van der Waals surface area contributed by atoms with Crippen LogP contribution in [-0.2, 0) is 0 Å². The summed E-state index contributed by atoms with van der Waals surface area (Å²) in [6, 6.07) is 14.2. The molecule has 1 amide bonds. The average molecular weight is 510 g/mol. The van der Waals surface area contributed by atoms with E-state index in [4.69, 9.17) is 20.4 Å². The fourth-order valence-electron chi connectivity index (χ4n) is 4.38. The minimum Gasteiger partial charge on any atom is -0.492 e. The molecular weight excluding hydrogens is 490 g/mol. The second-order valence-electron chi connectivity index (χ2n) is 8.13. The molecule has 1 atom stereocenters. The molecule has 6 rings (SSSR count). The van der Waals surface area contributed by atoms with Gasteiger partial charge in [0.2, 0.25) is 16.7 Å². The normalized spacial score (nSPS) is 15.6. The SMILES string of the molecule is O=C(c1ccco1)N1CCN([C@@H](c2ccccc2Cl)c2sc3nc(-c4ccco4)nn3c2O)CC1. The first-order valence-corrected chi connectivity index (χ1v) is 12.2. The molecule has 0 bridgehead atoms. The summed E-state index contributed by atoms with van der Waals surface area (Å²) in [6.07, 6.45) is 3.05. The van der Waals surface area contributed by atoms with Crippen molar-refractivity contribution in [1.82, 2.24) is 24.4 Å². The van der Waals surface area contributed by atoms with Crippen LogP contribution in [0.15, 0.2) is 69.9 Å². The van der Waals surface area contributed by atoms with Crippen LogP contribution in [0.5, 0.6) is 5.88 Å². The molecule has 11 heteroatoms. The van der Waals surface area contributed by atoms with E-state index in [0.29, 0.717) is 58.4 Å². The molecule has 1 aliphatic heterocycles. The minimum absolute atomic E-state index is 0.00863. The molecule has 0 radical (unpaired) electrons. The molecular formula is C24H20ClN5O4S. The number of carbonyl (C=O) groups excluding carboxylic acids is 1. The summed E-state index contributed by atoms with van der Waals surface area (Å²) in [5.41, 5.74) is 0.867. The number of carbonyl (C=O) groups is 1. The third-order valence-electron chi connectivity index (χ3n) is 6.09. The Labute approximate surface area is 208 Å². The molecule has 4 aromatic heterocycles. The molecule has 1 aromatic carbocycles. The first-order chi connectivity index (χ1) is 17.1. The summed E-state index contributed by atoms with van der Waals surface area (Å²) < 4.78 is 12.1. The van der Waals surface area contributed by atoms with Crippen LogP contribution < -0.4 is 0 Å². The highest BCUT2D eigenvalue weighted by molar-refractivity contribution is 7.17. The maximum absolute atomic E-state index is 12.7. The predicted molar refractivity (Wildman–Crippen MR) is 130 cm³/mol. The standard InChI is InChI=1S/C24H20ClN5O4S/c25-16-6-2-1-5-15(16)19(28-9-11-29(12-10-28)22(31)18-8-4-14-34-18)20-23(32)30-24(35-20)26-21(27-30)17-7-3-13-33-17/h1-8,13-14,19,32H,9-12H2/t19-/m0/s1. The van der Waals surface area contributed by atoms with E-state index in [1.54, 1.807) is 35.4 Å². The third kappa shape index (κ3) is 3.89. The average Bonchev–Trinajstić information content (AvgIpc) is 3.68. The Bertz CT molecular complexity index is 1470. The Kier molecular flexibility index (Phi) is 5.56. The van der Waals surface area contributed by atoms with Crippen LogP contribution in [0.4, 0.5) is 0 Å². The number of nitrogens with zero attached hydrogens (tertiary/aromatic N) is 5. The van der Waals surface area contributed by atoms with Crippen LogP contribution in [0, 0.1) is 0 Å². The van der Waals surface area contributed by atoms with Gasteiger partial charge in [-0.3, -0.25) is 9.69 Å². The largest absolute Gasteiger partial charge is 0.492 e. The van der Waals surface area contributed by atoms with Crippen molar-refractivity contribution >= 4 is 33.8 Å². The van der Waals surface area contributed by atoms with Crippen LogP contribution in [0.25, 0.3) is 16.5 Å². The number of hydrogen-bond acceptors (Lipinski definition) is 8. The molecule has 1 fully saturated rings. The van der Waals surface area contributed by atoms with Gasteiger partial charge in [0.1, 0.15) is 0 Å². The highest BCUT2D eigenvalue weighted by atomic mass is 35.5. The highest BCUT2D eigenvalue weighted by Gasteiger charge is 2.34. The lowest BCUT2D eigenvalue weighted by Gasteiger charge is -2.39. The second kappa shape index (κ2) is 8.88. The molecule has 5 heterocycles. The smallest absolute Gasteiger partial charge is 0.289 e. The lowest BCUT2D eigenvalue weighted by molar-refractivity contribution is 0.0568. The summed E-state index contributed by atoms with van der Waals surface area (Å²) in [6.45, 7) is 2.22. The summed E-state index contributed by atoms with van der Waals surface area (Å²) >= 11 is 7.98. The molecule has 0 unspecified atom stereocenters. The van der Waals surface area contributed by atoms with E-state index in [1.165, 1.54) is 22.1 Å². The van der Waals surface area contributed by atoms with E-state index in [9.17, 15) is 9.90 Å². The molecule has 1 aliphatic rings. The Balaban J connectivity index is 1.33. The van der Waals surface area contributed by atoms with E-state index in [0.717, 1.165) is 5.56 Å². The highest BCUT2D eigenvalue weighted by Crippen LogP contribution is 2.42. The number of benzene rings is 1. The van der Waals surface area contributed by atoms with Crippen molar-refractivity contribution in [2.45, 2.75) is 6.04 Å². The number of rotatable bonds is 5. The number of fused-ring (bicyclic) bond motifs is 1. The molecule has 9 nitrogen and oxygen atoms in total. The summed E-state index contributed by atoms with van der Waals surface area (Å²) in [7, 11) is 0. The molecule has 1 N–H and O–H groups in total. The third-order valence-corrected chi connectivity index (χ3v) is 7.50. The molecule has 0 saturated carbocycles. The maximum Gasteiger partial charge on any atom is 0.289 e. The predicted octanol–water partition coefficient (Wildman–Crippen LogP) is 4.55. The van der Waals surface area contributed by atoms with Gasteiger partial charge in [-0.15, -0.1) is 5.10 Å². The molecule has 0 aliphatic carbocycles. The molecule has 1 saturated heterocycles. The van der Waals surface area contributed by atoms with Crippen LogP contribution in [0.2, 0.25) is 5.02 Å². The zero-order chi connectivity index (χ0) is 23.9. The van der Waals surface area contributed by atoms with Crippen LogP contribution in [0.1, 0.15) is 27.0 Å². The topological polar surface area (TPSA) is 100 Å². The fraction of sp³-hybridized carbons (Fsp3) is 0.208. The molecule has 0 spiro atoms. The molecule has 35 heavy (non-hydrogen) atoms. The van der Waals surface area contributed by atoms with Crippen LogP contribution >= 0.6 is 22.9 Å². The van der Waals surface area contributed by atoms with E-state index in [1.807, 2.05) is 24.3 Å². The lowest BCUT2D eigenvalue weighted by atomic mass is 10.0. The summed E-state index contributed by atoms with van der Waals surface area (Å²) in [5, 5.41) is 16.3. The number of halogens is 1. The van der Waals surface area contributed by atoms with Gasteiger partial charge in [0.15, 0.2) is 11.5 Å². The van der Waals surface area contributed by atoms with E-state index in [2.05, 4.69) is 15.0 Å². The molecule has 178 valence electrons. The van der Waals surface area contributed by atoms with Crippen LogP contribution in [-0.4, -0.2) is 61.6 Å². The number of hydrogen-bond donors (Lipinski definition) is 1. The number of piperazine rings is 1. The van der Waals surface area contributed by atoms with Gasteiger partial charge in [-0.25, -0.2) is 0 Å². The van der Waals surface area contributed by atoms with Gasteiger partial charge in [0, 0.05) is 31.2 Å². The minimum atomic E-state index is -0.329. The van der Waals surface area contributed by atoms with Crippen LogP contribution in [0.3, 0.4) is 0 Å². The van der Waals surface area contributed by atoms with E-state index < -0.39 is 0 Å². The maximum atomic E-state index is 12.7. The van der Waals surface area contributed by atoms with Crippen molar-refractivity contribution in [2.24, 2.45) is 0 Å². The van der Waals surface area contributed by atoms with Gasteiger partial charge in [-0.1, -0.05) is 41.1 Å². The first kappa shape index (κ1) is 21.9. The zero-order valence-corrected chi connectivity index (χ0v) is 19.9. The van der Waals surface area contributed by atoms with Gasteiger partial charge < -0.3 is 18.8 Å². The Hall–Kier alpha value is -3.60. The Morgan fingerprint density at radius 2 is 1.80 bits per heavy atom. The lowest BCUT2D eigenvalue weighted by Crippen LogP contribution is -2.49. The van der Waals surface area contributed by atoms with Crippen molar-refractivity contribution in [1.29, 1.82) is 0 Å². The second-order valence-corrected chi connectivity index (χ2v) is 9.54. The van der Waals surface area contributed by atoms with Gasteiger partial charge >= 0.3 is 0 Å². The Morgan fingerprint density at radius 1 is 1.03 bits per heavy atom. The van der Waals surface area contributed by atoms with Gasteiger partial charge in [0.05, 0.1) is 23.4 Å². The molecule has 5 aromatic rings. The number of aromatic nitrogens is 3. The van der Waals surface area contributed by atoms with Crippen molar-refractivity contribution in [3.05, 3.63) is 82.3 Å². The number of furan rings is 2.